The zero-order valence-electron chi connectivity index (χ0n) is 12.8. The van der Waals surface area contributed by atoms with Crippen molar-refractivity contribution < 1.29 is 17.9 Å². The molecule has 21 heavy (non-hydrogen) atoms. The molecule has 0 aromatic carbocycles. The zero-order valence-corrected chi connectivity index (χ0v) is 12.8. The first kappa shape index (κ1) is 17.8. The number of nitrogens with zero attached hydrogens (tertiary/aromatic N) is 1. The lowest BCUT2D eigenvalue weighted by atomic mass is 10.2. The molecule has 1 aromatic heterocycles. The van der Waals surface area contributed by atoms with Gasteiger partial charge in [-0.2, -0.15) is 13.2 Å². The fourth-order valence-electron chi connectivity index (χ4n) is 1.84. The summed E-state index contributed by atoms with van der Waals surface area (Å²) in [5.74, 6) is 0.949. The smallest absolute Gasteiger partial charge is 0.389 e. The molecule has 1 rings (SSSR count). The first-order chi connectivity index (χ1) is 9.76. The number of alkyl halides is 3. The minimum Gasteiger partial charge on any atom is -0.478 e. The first-order valence-electron chi connectivity index (χ1n) is 7.14. The van der Waals surface area contributed by atoms with Crippen LogP contribution in [0.15, 0.2) is 12.1 Å². The summed E-state index contributed by atoms with van der Waals surface area (Å²) < 4.78 is 41.4. The van der Waals surface area contributed by atoms with Crippen LogP contribution in [0.4, 0.5) is 13.2 Å². The van der Waals surface area contributed by atoms with E-state index in [4.69, 9.17) is 4.74 Å². The van der Waals surface area contributed by atoms with Crippen molar-refractivity contribution >= 4 is 0 Å². The minimum absolute atomic E-state index is 0.0226. The summed E-state index contributed by atoms with van der Waals surface area (Å²) in [7, 11) is 0. The first-order valence-corrected chi connectivity index (χ1v) is 7.14. The van der Waals surface area contributed by atoms with Crippen LogP contribution in [-0.2, 0) is 6.54 Å². The maximum atomic E-state index is 12.0. The van der Waals surface area contributed by atoms with Gasteiger partial charge in [0.2, 0.25) is 5.88 Å². The Hall–Kier alpha value is -1.30. The van der Waals surface area contributed by atoms with E-state index in [2.05, 4.69) is 24.1 Å². The van der Waals surface area contributed by atoms with Crippen LogP contribution in [0.2, 0.25) is 0 Å². The number of aromatic nitrogens is 1. The molecule has 1 heterocycles. The van der Waals surface area contributed by atoms with E-state index in [1.54, 1.807) is 6.07 Å². The van der Waals surface area contributed by atoms with Gasteiger partial charge >= 0.3 is 6.18 Å². The summed E-state index contributed by atoms with van der Waals surface area (Å²) in [5.41, 5.74) is 1.82. The fraction of sp³-hybridized carbons (Fsp3) is 0.667. The van der Waals surface area contributed by atoms with Crippen molar-refractivity contribution in [2.24, 2.45) is 5.92 Å². The van der Waals surface area contributed by atoms with Crippen molar-refractivity contribution in [3.63, 3.8) is 0 Å². The molecule has 0 saturated heterocycles. The molecule has 0 aliphatic rings. The molecule has 0 unspecified atom stereocenters. The molecule has 3 nitrogen and oxygen atoms in total. The van der Waals surface area contributed by atoms with Crippen molar-refractivity contribution in [3.05, 3.63) is 23.4 Å². The van der Waals surface area contributed by atoms with Gasteiger partial charge in [-0.05, 0) is 37.4 Å². The van der Waals surface area contributed by atoms with Crippen LogP contribution < -0.4 is 10.1 Å². The molecule has 120 valence electrons. The lowest BCUT2D eigenvalue weighted by Crippen LogP contribution is -2.19. The van der Waals surface area contributed by atoms with Crippen LogP contribution in [-0.4, -0.2) is 24.3 Å². The van der Waals surface area contributed by atoms with Crippen molar-refractivity contribution in [2.45, 2.75) is 46.3 Å². The van der Waals surface area contributed by atoms with Crippen LogP contribution in [0.3, 0.4) is 0 Å². The second-order valence-corrected chi connectivity index (χ2v) is 5.55. The van der Waals surface area contributed by atoms with E-state index in [-0.39, 0.29) is 13.0 Å². The van der Waals surface area contributed by atoms with E-state index in [0.717, 1.165) is 17.8 Å². The molecule has 6 heteroatoms. The number of hydrogen-bond acceptors (Lipinski definition) is 3. The van der Waals surface area contributed by atoms with Gasteiger partial charge in [0.15, 0.2) is 0 Å². The molecule has 0 aliphatic carbocycles. The van der Waals surface area contributed by atoms with Crippen molar-refractivity contribution in [2.75, 3.05) is 13.2 Å². The van der Waals surface area contributed by atoms with E-state index in [1.165, 1.54) is 0 Å². The second-order valence-electron chi connectivity index (χ2n) is 5.55. The molecule has 0 aliphatic heterocycles. The van der Waals surface area contributed by atoms with E-state index < -0.39 is 12.6 Å². The largest absolute Gasteiger partial charge is 0.478 e. The maximum Gasteiger partial charge on any atom is 0.389 e. The number of nitrogens with one attached hydrogen (secondary N) is 1. The van der Waals surface area contributed by atoms with E-state index in [0.29, 0.717) is 18.3 Å². The highest BCUT2D eigenvalue weighted by Gasteiger charge is 2.26. The maximum absolute atomic E-state index is 12.0. The van der Waals surface area contributed by atoms with E-state index in [1.807, 2.05) is 13.0 Å². The Morgan fingerprint density at radius 1 is 1.29 bits per heavy atom. The van der Waals surface area contributed by atoms with Gasteiger partial charge in [0.1, 0.15) is 0 Å². The molecule has 1 N–H and O–H groups in total. The molecule has 0 spiro atoms. The van der Waals surface area contributed by atoms with Gasteiger partial charge in [-0.1, -0.05) is 13.8 Å². The van der Waals surface area contributed by atoms with Gasteiger partial charge in [-0.3, -0.25) is 0 Å². The highest BCUT2D eigenvalue weighted by atomic mass is 19.4. The highest BCUT2D eigenvalue weighted by molar-refractivity contribution is 5.24. The number of pyridine rings is 1. The van der Waals surface area contributed by atoms with Gasteiger partial charge in [-0.15, -0.1) is 0 Å². The standard InChI is InChI=1S/C15H23F3N2O/c1-11(2)9-19-10-13-7-12(3)20-14(8-13)21-6-4-5-15(16,17)18/h7-8,11,19H,4-6,9-10H2,1-3H3. The molecule has 1 aromatic rings. The SMILES string of the molecule is Cc1cc(CNCC(C)C)cc(OCCCC(F)(F)F)n1. The lowest BCUT2D eigenvalue weighted by molar-refractivity contribution is -0.136. The van der Waals surface area contributed by atoms with Crippen molar-refractivity contribution in [3.8, 4) is 5.88 Å². The Balaban J connectivity index is 2.45. The summed E-state index contributed by atoms with van der Waals surface area (Å²) in [6.45, 7) is 7.72. The summed E-state index contributed by atoms with van der Waals surface area (Å²) >= 11 is 0. The number of aryl methyl sites for hydroxylation is 1. The predicted octanol–water partition coefficient (Wildman–Crippen LogP) is 3.86. The van der Waals surface area contributed by atoms with Crippen LogP contribution in [0, 0.1) is 12.8 Å². The number of halogens is 3. The van der Waals surface area contributed by atoms with E-state index in [9.17, 15) is 13.2 Å². The summed E-state index contributed by atoms with van der Waals surface area (Å²) in [5, 5.41) is 3.31. The van der Waals surface area contributed by atoms with Gasteiger partial charge in [0.05, 0.1) is 6.61 Å². The number of hydrogen-bond donors (Lipinski definition) is 1. The molecule has 0 atom stereocenters. The molecular weight excluding hydrogens is 281 g/mol. The molecular formula is C15H23F3N2O. The molecule has 0 fully saturated rings. The average Bonchev–Trinajstić information content (AvgIpc) is 2.32. The van der Waals surface area contributed by atoms with Crippen molar-refractivity contribution in [1.82, 2.24) is 10.3 Å². The third kappa shape index (κ3) is 8.55. The Labute approximate surface area is 123 Å². The average molecular weight is 304 g/mol. The number of ether oxygens (including phenoxy) is 1. The topological polar surface area (TPSA) is 34.1 Å². The molecule has 0 saturated carbocycles. The third-order valence-electron chi connectivity index (χ3n) is 2.73. The van der Waals surface area contributed by atoms with Crippen molar-refractivity contribution in [1.29, 1.82) is 0 Å². The highest BCUT2D eigenvalue weighted by Crippen LogP contribution is 2.21. The molecule has 0 radical (unpaired) electrons. The summed E-state index contributed by atoms with van der Waals surface area (Å²) in [4.78, 5) is 4.18. The van der Waals surface area contributed by atoms with Gasteiger partial charge in [0, 0.05) is 24.7 Å². The lowest BCUT2D eigenvalue weighted by Gasteiger charge is -2.11. The quantitative estimate of drug-likeness (QED) is 0.741. The van der Waals surface area contributed by atoms with Crippen LogP contribution in [0.25, 0.3) is 0 Å². The summed E-state index contributed by atoms with van der Waals surface area (Å²) in [6, 6.07) is 3.71. The Morgan fingerprint density at radius 2 is 2.00 bits per heavy atom. The third-order valence-corrected chi connectivity index (χ3v) is 2.73. The van der Waals surface area contributed by atoms with Crippen LogP contribution in [0.1, 0.15) is 37.9 Å². The van der Waals surface area contributed by atoms with Crippen LogP contribution >= 0.6 is 0 Å². The monoisotopic (exact) mass is 304 g/mol. The minimum atomic E-state index is -4.13. The Morgan fingerprint density at radius 3 is 2.62 bits per heavy atom. The second kappa shape index (κ2) is 8.22. The Bertz CT molecular complexity index is 433. The summed E-state index contributed by atoms with van der Waals surface area (Å²) in [6.07, 6.45) is -5.02. The van der Waals surface area contributed by atoms with Gasteiger partial charge < -0.3 is 10.1 Å². The molecule has 0 bridgehead atoms. The fourth-order valence-corrected chi connectivity index (χ4v) is 1.84. The Kier molecular flexibility index (Phi) is 6.95. The normalized spacial score (nSPS) is 12.0. The predicted molar refractivity (Wildman–Crippen MR) is 76.3 cm³/mol. The van der Waals surface area contributed by atoms with Crippen LogP contribution in [0.5, 0.6) is 5.88 Å². The van der Waals surface area contributed by atoms with E-state index >= 15 is 0 Å². The van der Waals surface area contributed by atoms with Gasteiger partial charge in [-0.25, -0.2) is 4.98 Å². The molecule has 0 amide bonds. The zero-order chi connectivity index (χ0) is 15.9. The number of rotatable bonds is 8. The van der Waals surface area contributed by atoms with Gasteiger partial charge in [0.25, 0.3) is 0 Å².